The molecular weight excluding hydrogens is 244 g/mol. The number of nitrogens with zero attached hydrogens (tertiary/aromatic N) is 2. The normalized spacial score (nSPS) is 12.9. The maximum atomic E-state index is 11.3. The van der Waals surface area contributed by atoms with Gasteiger partial charge in [-0.2, -0.15) is 0 Å². The van der Waals surface area contributed by atoms with Gasteiger partial charge in [0.05, 0.1) is 6.10 Å². The molecule has 0 aromatic carbocycles. The third kappa shape index (κ3) is 5.65. The molecule has 1 rings (SSSR count). The van der Waals surface area contributed by atoms with Crippen LogP contribution in [0, 0.1) is 5.41 Å². The van der Waals surface area contributed by atoms with Gasteiger partial charge in [0.1, 0.15) is 5.82 Å². The fourth-order valence-corrected chi connectivity index (χ4v) is 1.68. The molecule has 0 saturated carbocycles. The number of carbonyl (C=O) groups is 1. The van der Waals surface area contributed by atoms with Gasteiger partial charge in [0.15, 0.2) is 5.69 Å². The highest BCUT2D eigenvalue weighted by atomic mass is 16.3. The lowest BCUT2D eigenvalue weighted by atomic mass is 9.89. The molecule has 1 aromatic heterocycles. The van der Waals surface area contributed by atoms with Gasteiger partial charge in [-0.25, -0.2) is 0 Å². The molecule has 6 nitrogen and oxygen atoms in total. The molecule has 1 heterocycles. The van der Waals surface area contributed by atoms with E-state index in [2.05, 4.69) is 41.6 Å². The summed E-state index contributed by atoms with van der Waals surface area (Å²) in [5, 5.41) is 23.0. The molecule has 106 valence electrons. The van der Waals surface area contributed by atoms with Crippen LogP contribution in [-0.2, 0) is 0 Å². The largest absolute Gasteiger partial charge is 0.391 e. The molecule has 0 aliphatic heterocycles. The van der Waals surface area contributed by atoms with Crippen LogP contribution in [0.2, 0.25) is 0 Å². The second-order valence-electron chi connectivity index (χ2n) is 5.68. The standard InChI is InChI=1S/C13H22N4O2/c1-13(2,3)7-9(18)8-15-11-6-5-10(16-17-11)12(19)14-4/h5-6,9,18H,7-8H2,1-4H3,(H,14,19)(H,15,17). The zero-order valence-electron chi connectivity index (χ0n) is 11.9. The van der Waals surface area contributed by atoms with Crippen LogP contribution >= 0.6 is 0 Å². The summed E-state index contributed by atoms with van der Waals surface area (Å²) in [6.45, 7) is 6.64. The summed E-state index contributed by atoms with van der Waals surface area (Å²) in [5.74, 6) is 0.271. The van der Waals surface area contributed by atoms with Gasteiger partial charge < -0.3 is 15.7 Å². The Morgan fingerprint density at radius 1 is 1.37 bits per heavy atom. The second-order valence-corrected chi connectivity index (χ2v) is 5.68. The van der Waals surface area contributed by atoms with Gasteiger partial charge in [0.25, 0.3) is 5.91 Å². The quantitative estimate of drug-likeness (QED) is 0.741. The number of amides is 1. The van der Waals surface area contributed by atoms with E-state index in [4.69, 9.17) is 0 Å². The smallest absolute Gasteiger partial charge is 0.271 e. The minimum absolute atomic E-state index is 0.0792. The van der Waals surface area contributed by atoms with Crippen LogP contribution in [0.3, 0.4) is 0 Å². The highest BCUT2D eigenvalue weighted by Gasteiger charge is 2.16. The number of aliphatic hydroxyl groups is 1. The van der Waals surface area contributed by atoms with Crippen molar-refractivity contribution in [1.82, 2.24) is 15.5 Å². The summed E-state index contributed by atoms with van der Waals surface area (Å²) >= 11 is 0. The van der Waals surface area contributed by atoms with E-state index >= 15 is 0 Å². The van der Waals surface area contributed by atoms with Crippen LogP contribution in [0.4, 0.5) is 5.82 Å². The summed E-state index contributed by atoms with van der Waals surface area (Å²) in [5.41, 5.74) is 0.346. The van der Waals surface area contributed by atoms with Crippen LogP contribution in [0.1, 0.15) is 37.7 Å². The molecule has 0 bridgehead atoms. The van der Waals surface area contributed by atoms with Gasteiger partial charge in [-0.3, -0.25) is 4.79 Å². The summed E-state index contributed by atoms with van der Waals surface area (Å²) in [7, 11) is 1.54. The Morgan fingerprint density at radius 3 is 2.53 bits per heavy atom. The number of anilines is 1. The monoisotopic (exact) mass is 266 g/mol. The summed E-state index contributed by atoms with van der Waals surface area (Å²) < 4.78 is 0. The van der Waals surface area contributed by atoms with Crippen molar-refractivity contribution >= 4 is 11.7 Å². The van der Waals surface area contributed by atoms with Gasteiger partial charge in [-0.1, -0.05) is 20.8 Å². The Hall–Kier alpha value is -1.69. The van der Waals surface area contributed by atoms with Gasteiger partial charge in [-0.15, -0.1) is 10.2 Å². The summed E-state index contributed by atoms with van der Waals surface area (Å²) in [4.78, 5) is 11.3. The van der Waals surface area contributed by atoms with E-state index in [0.717, 1.165) is 0 Å². The number of nitrogens with one attached hydrogen (secondary N) is 2. The zero-order chi connectivity index (χ0) is 14.5. The van der Waals surface area contributed by atoms with Crippen LogP contribution < -0.4 is 10.6 Å². The molecule has 0 fully saturated rings. The fraction of sp³-hybridized carbons (Fsp3) is 0.615. The maximum absolute atomic E-state index is 11.3. The first-order valence-corrected chi connectivity index (χ1v) is 6.29. The SMILES string of the molecule is CNC(=O)c1ccc(NCC(O)CC(C)(C)C)nn1. The molecule has 6 heteroatoms. The molecule has 1 aromatic rings. The molecule has 0 saturated heterocycles. The third-order valence-electron chi connectivity index (χ3n) is 2.49. The lowest BCUT2D eigenvalue weighted by Crippen LogP contribution is -2.25. The van der Waals surface area contributed by atoms with Gasteiger partial charge in [-0.05, 0) is 24.0 Å². The molecule has 0 aliphatic rings. The van der Waals surface area contributed by atoms with Crippen LogP contribution in [0.15, 0.2) is 12.1 Å². The Bertz CT molecular complexity index is 412. The van der Waals surface area contributed by atoms with Crippen LogP contribution in [-0.4, -0.2) is 40.9 Å². The fourth-order valence-electron chi connectivity index (χ4n) is 1.68. The number of hydrogen-bond donors (Lipinski definition) is 3. The summed E-state index contributed by atoms with van der Waals surface area (Å²) in [6, 6.07) is 3.26. The van der Waals surface area contributed by atoms with E-state index in [1.54, 1.807) is 19.2 Å². The molecule has 1 atom stereocenters. The van der Waals surface area contributed by atoms with Gasteiger partial charge in [0.2, 0.25) is 0 Å². The number of hydrogen-bond acceptors (Lipinski definition) is 5. The van der Waals surface area contributed by atoms with E-state index in [1.807, 2.05) is 0 Å². The van der Waals surface area contributed by atoms with E-state index < -0.39 is 6.10 Å². The summed E-state index contributed by atoms with van der Waals surface area (Å²) in [6.07, 6.45) is 0.254. The van der Waals surface area contributed by atoms with Crippen LogP contribution in [0.5, 0.6) is 0 Å². The maximum Gasteiger partial charge on any atom is 0.271 e. The van der Waals surface area contributed by atoms with E-state index in [1.165, 1.54) is 0 Å². The number of rotatable bonds is 5. The number of aliphatic hydroxyl groups excluding tert-OH is 1. The van der Waals surface area contributed by atoms with Crippen molar-refractivity contribution in [3.8, 4) is 0 Å². The zero-order valence-corrected chi connectivity index (χ0v) is 11.9. The molecule has 19 heavy (non-hydrogen) atoms. The Labute approximate surface area is 113 Å². The minimum Gasteiger partial charge on any atom is -0.391 e. The van der Waals surface area contributed by atoms with Gasteiger partial charge in [0, 0.05) is 13.6 Å². The lowest BCUT2D eigenvalue weighted by Gasteiger charge is -2.22. The van der Waals surface area contributed by atoms with E-state index in [9.17, 15) is 9.90 Å². The van der Waals surface area contributed by atoms with Crippen molar-refractivity contribution in [1.29, 1.82) is 0 Å². The average molecular weight is 266 g/mol. The molecule has 1 unspecified atom stereocenters. The van der Waals surface area contributed by atoms with Crippen molar-refractivity contribution in [3.63, 3.8) is 0 Å². The van der Waals surface area contributed by atoms with E-state index in [-0.39, 0.29) is 17.0 Å². The second kappa shape index (κ2) is 6.47. The minimum atomic E-state index is -0.444. The molecular formula is C13H22N4O2. The van der Waals surface area contributed by atoms with Crippen molar-refractivity contribution in [3.05, 3.63) is 17.8 Å². The first-order chi connectivity index (χ1) is 8.81. The van der Waals surface area contributed by atoms with Crippen molar-refractivity contribution in [2.45, 2.75) is 33.3 Å². The Kier molecular flexibility index (Phi) is 5.23. The average Bonchev–Trinajstić information content (AvgIpc) is 2.34. The first kappa shape index (κ1) is 15.4. The Balaban J connectivity index is 2.48. The highest BCUT2D eigenvalue weighted by Crippen LogP contribution is 2.20. The van der Waals surface area contributed by atoms with Crippen LogP contribution in [0.25, 0.3) is 0 Å². The van der Waals surface area contributed by atoms with Crippen molar-refractivity contribution in [2.75, 3.05) is 18.9 Å². The highest BCUT2D eigenvalue weighted by molar-refractivity contribution is 5.91. The lowest BCUT2D eigenvalue weighted by molar-refractivity contribution is 0.0957. The van der Waals surface area contributed by atoms with Crippen molar-refractivity contribution in [2.24, 2.45) is 5.41 Å². The topological polar surface area (TPSA) is 87.1 Å². The molecule has 1 amide bonds. The number of aromatic nitrogens is 2. The number of carbonyl (C=O) groups excluding carboxylic acids is 1. The van der Waals surface area contributed by atoms with Crippen molar-refractivity contribution < 1.29 is 9.90 Å². The predicted molar refractivity (Wildman–Crippen MR) is 74.0 cm³/mol. The predicted octanol–water partition coefficient (Wildman–Crippen LogP) is 1.05. The van der Waals surface area contributed by atoms with E-state index in [0.29, 0.717) is 18.8 Å². The first-order valence-electron chi connectivity index (χ1n) is 6.29. The molecule has 3 N–H and O–H groups in total. The Morgan fingerprint density at radius 2 is 2.05 bits per heavy atom. The van der Waals surface area contributed by atoms with Gasteiger partial charge >= 0.3 is 0 Å². The molecule has 0 spiro atoms. The third-order valence-corrected chi connectivity index (χ3v) is 2.49. The molecule has 0 aliphatic carbocycles. The molecule has 0 radical (unpaired) electrons.